The van der Waals surface area contributed by atoms with Crippen molar-refractivity contribution in [3.05, 3.63) is 33.8 Å². The van der Waals surface area contributed by atoms with Crippen LogP contribution in [0.4, 0.5) is 13.2 Å². The van der Waals surface area contributed by atoms with Gasteiger partial charge < -0.3 is 10.8 Å². The number of nitrogens with two attached hydrogens (primary N) is 1. The van der Waals surface area contributed by atoms with Gasteiger partial charge in [0, 0.05) is 11.0 Å². The molecule has 6 heteroatoms. The fourth-order valence-electron chi connectivity index (χ4n) is 1.10. The van der Waals surface area contributed by atoms with Crippen molar-refractivity contribution in [2.24, 2.45) is 5.73 Å². The molecule has 1 aromatic rings. The van der Waals surface area contributed by atoms with Crippen molar-refractivity contribution in [2.45, 2.75) is 12.3 Å². The second-order valence-electron chi connectivity index (χ2n) is 2.99. The molecule has 2 nitrogen and oxygen atoms in total. The number of rotatable bonds is 2. The van der Waals surface area contributed by atoms with Crippen LogP contribution in [0, 0.1) is 0 Å². The predicted molar refractivity (Wildman–Crippen MR) is 53.2 cm³/mol. The average molecular weight is 284 g/mol. The normalized spacial score (nSPS) is 14.0. The summed E-state index contributed by atoms with van der Waals surface area (Å²) in [6.07, 6.45) is -5.34. The van der Waals surface area contributed by atoms with E-state index in [1.54, 1.807) is 0 Å². The highest BCUT2D eigenvalue weighted by Gasteiger charge is 2.31. The van der Waals surface area contributed by atoms with Gasteiger partial charge in [0.1, 0.15) is 0 Å². The van der Waals surface area contributed by atoms with Crippen LogP contribution in [-0.4, -0.2) is 11.7 Å². The van der Waals surface area contributed by atoms with Crippen LogP contribution >= 0.6 is 15.9 Å². The molecule has 1 aromatic carbocycles. The van der Waals surface area contributed by atoms with E-state index in [-0.39, 0.29) is 11.0 Å². The van der Waals surface area contributed by atoms with Crippen LogP contribution in [0.1, 0.15) is 17.2 Å². The quantitative estimate of drug-likeness (QED) is 0.876. The number of halogens is 4. The number of aliphatic hydroxyl groups is 1. The van der Waals surface area contributed by atoms with Crippen LogP contribution < -0.4 is 5.73 Å². The van der Waals surface area contributed by atoms with E-state index in [4.69, 9.17) is 5.73 Å². The molecule has 0 heterocycles. The SMILES string of the molecule is NC[C@H](O)c1ccc(C(F)(F)F)cc1Br. The summed E-state index contributed by atoms with van der Waals surface area (Å²) in [6, 6.07) is 3.05. The van der Waals surface area contributed by atoms with Crippen LogP contribution in [0.3, 0.4) is 0 Å². The second kappa shape index (κ2) is 4.51. The van der Waals surface area contributed by atoms with Gasteiger partial charge in [-0.2, -0.15) is 13.2 Å². The smallest absolute Gasteiger partial charge is 0.387 e. The first-order valence-electron chi connectivity index (χ1n) is 4.11. The third kappa shape index (κ3) is 2.93. The van der Waals surface area contributed by atoms with E-state index < -0.39 is 17.8 Å². The Hall–Kier alpha value is -0.590. The van der Waals surface area contributed by atoms with Gasteiger partial charge in [-0.3, -0.25) is 0 Å². The van der Waals surface area contributed by atoms with Crippen molar-refractivity contribution in [1.29, 1.82) is 0 Å². The standard InChI is InChI=1S/C9H9BrF3NO/c10-7-3-5(9(11,12)13)1-2-6(7)8(15)4-14/h1-3,8,15H,4,14H2/t8-/m0/s1. The minimum atomic E-state index is -4.38. The highest BCUT2D eigenvalue weighted by molar-refractivity contribution is 9.10. The minimum Gasteiger partial charge on any atom is -0.387 e. The average Bonchev–Trinajstić information content (AvgIpc) is 2.15. The summed E-state index contributed by atoms with van der Waals surface area (Å²) >= 11 is 2.97. The van der Waals surface area contributed by atoms with Gasteiger partial charge in [-0.05, 0) is 17.7 Å². The molecule has 1 rings (SSSR count). The van der Waals surface area contributed by atoms with E-state index >= 15 is 0 Å². The fraction of sp³-hybridized carbons (Fsp3) is 0.333. The van der Waals surface area contributed by atoms with Crippen molar-refractivity contribution in [2.75, 3.05) is 6.54 Å². The van der Waals surface area contributed by atoms with Gasteiger partial charge in [-0.15, -0.1) is 0 Å². The number of hydrogen-bond donors (Lipinski definition) is 2. The molecule has 0 amide bonds. The Morgan fingerprint density at radius 2 is 2.00 bits per heavy atom. The summed E-state index contributed by atoms with van der Waals surface area (Å²) in [5.41, 5.74) is 4.79. The Morgan fingerprint density at radius 1 is 1.40 bits per heavy atom. The van der Waals surface area contributed by atoms with Crippen LogP contribution in [0.5, 0.6) is 0 Å². The zero-order valence-corrected chi connectivity index (χ0v) is 9.14. The highest BCUT2D eigenvalue weighted by atomic mass is 79.9. The maximum Gasteiger partial charge on any atom is 0.416 e. The predicted octanol–water partition coefficient (Wildman–Crippen LogP) is 2.46. The van der Waals surface area contributed by atoms with Crippen LogP contribution in [-0.2, 0) is 6.18 Å². The third-order valence-corrected chi connectivity index (χ3v) is 2.60. The van der Waals surface area contributed by atoms with Crippen molar-refractivity contribution in [3.8, 4) is 0 Å². The molecule has 0 radical (unpaired) electrons. The first-order valence-corrected chi connectivity index (χ1v) is 4.90. The van der Waals surface area contributed by atoms with Crippen molar-refractivity contribution in [1.82, 2.24) is 0 Å². The largest absolute Gasteiger partial charge is 0.416 e. The number of alkyl halides is 3. The molecule has 84 valence electrons. The molecule has 3 N–H and O–H groups in total. The first-order chi connectivity index (χ1) is 6.86. The molecular formula is C9H9BrF3NO. The van der Waals surface area contributed by atoms with E-state index in [0.29, 0.717) is 5.56 Å². The van der Waals surface area contributed by atoms with Gasteiger partial charge in [0.05, 0.1) is 11.7 Å². The second-order valence-corrected chi connectivity index (χ2v) is 3.84. The monoisotopic (exact) mass is 283 g/mol. The van der Waals surface area contributed by atoms with Crippen LogP contribution in [0.2, 0.25) is 0 Å². The maximum absolute atomic E-state index is 12.3. The molecule has 0 saturated heterocycles. The molecule has 0 spiro atoms. The van der Waals surface area contributed by atoms with Gasteiger partial charge >= 0.3 is 6.18 Å². The van der Waals surface area contributed by atoms with Gasteiger partial charge in [0.25, 0.3) is 0 Å². The summed E-state index contributed by atoms with van der Waals surface area (Å²) in [7, 11) is 0. The molecule has 0 aromatic heterocycles. The zero-order chi connectivity index (χ0) is 11.6. The Morgan fingerprint density at radius 3 is 2.40 bits per heavy atom. The van der Waals surface area contributed by atoms with E-state index in [2.05, 4.69) is 15.9 Å². The summed E-state index contributed by atoms with van der Waals surface area (Å²) in [4.78, 5) is 0. The van der Waals surface area contributed by atoms with E-state index in [9.17, 15) is 18.3 Å². The number of aliphatic hydroxyl groups excluding tert-OH is 1. The summed E-state index contributed by atoms with van der Waals surface area (Å²) in [6.45, 7) is -0.0377. The summed E-state index contributed by atoms with van der Waals surface area (Å²) < 4.78 is 37.0. The van der Waals surface area contributed by atoms with Crippen LogP contribution in [0.25, 0.3) is 0 Å². The molecule has 0 aliphatic heterocycles. The van der Waals surface area contributed by atoms with Gasteiger partial charge in [-0.25, -0.2) is 0 Å². The van der Waals surface area contributed by atoms with E-state index in [1.807, 2.05) is 0 Å². The number of benzene rings is 1. The lowest BCUT2D eigenvalue weighted by Gasteiger charge is -2.13. The van der Waals surface area contributed by atoms with Crippen molar-refractivity contribution >= 4 is 15.9 Å². The fourth-order valence-corrected chi connectivity index (χ4v) is 1.74. The molecule has 0 bridgehead atoms. The molecular weight excluding hydrogens is 275 g/mol. The van der Waals surface area contributed by atoms with Gasteiger partial charge in [-0.1, -0.05) is 22.0 Å². The Bertz CT molecular complexity index is 354. The summed E-state index contributed by atoms with van der Waals surface area (Å²) in [5, 5.41) is 9.37. The minimum absolute atomic E-state index is 0.0377. The lowest BCUT2D eigenvalue weighted by Crippen LogP contribution is -2.13. The molecule has 0 aliphatic carbocycles. The van der Waals surface area contributed by atoms with Gasteiger partial charge in [0.15, 0.2) is 0 Å². The molecule has 0 aliphatic rings. The van der Waals surface area contributed by atoms with Crippen molar-refractivity contribution in [3.63, 3.8) is 0 Å². The van der Waals surface area contributed by atoms with E-state index in [1.165, 1.54) is 6.07 Å². The first kappa shape index (κ1) is 12.5. The highest BCUT2D eigenvalue weighted by Crippen LogP contribution is 2.33. The molecule has 0 fully saturated rings. The van der Waals surface area contributed by atoms with E-state index in [0.717, 1.165) is 12.1 Å². The molecule has 0 unspecified atom stereocenters. The molecule has 0 saturated carbocycles. The Kier molecular flexibility index (Phi) is 3.75. The van der Waals surface area contributed by atoms with Gasteiger partial charge in [0.2, 0.25) is 0 Å². The lowest BCUT2D eigenvalue weighted by atomic mass is 10.1. The Labute approximate surface area is 93.0 Å². The Balaban J connectivity index is 3.09. The summed E-state index contributed by atoms with van der Waals surface area (Å²) in [5.74, 6) is 0. The molecule has 15 heavy (non-hydrogen) atoms. The molecule has 1 atom stereocenters. The van der Waals surface area contributed by atoms with Crippen molar-refractivity contribution < 1.29 is 18.3 Å². The lowest BCUT2D eigenvalue weighted by molar-refractivity contribution is -0.137. The topological polar surface area (TPSA) is 46.2 Å². The number of hydrogen-bond acceptors (Lipinski definition) is 2. The third-order valence-electron chi connectivity index (χ3n) is 1.91. The maximum atomic E-state index is 12.3. The van der Waals surface area contributed by atoms with Crippen LogP contribution in [0.15, 0.2) is 22.7 Å². The zero-order valence-electron chi connectivity index (χ0n) is 7.55.